The van der Waals surface area contributed by atoms with Gasteiger partial charge in [0.05, 0.1) is 12.6 Å². The Balaban J connectivity index is 1.86. The van der Waals surface area contributed by atoms with E-state index in [0.717, 1.165) is 35.7 Å². The number of nitrogens with two attached hydrogens (primary N) is 1. The van der Waals surface area contributed by atoms with E-state index in [1.54, 1.807) is 11.0 Å². The van der Waals surface area contributed by atoms with Gasteiger partial charge in [-0.25, -0.2) is 18.4 Å². The van der Waals surface area contributed by atoms with E-state index >= 15 is 0 Å². The normalized spacial score (nSPS) is 18.4. The molecule has 0 aliphatic carbocycles. The average molecular weight is 347 g/mol. The summed E-state index contributed by atoms with van der Waals surface area (Å²) in [5, 5.41) is 7.86. The minimum atomic E-state index is -3.68. The van der Waals surface area contributed by atoms with E-state index in [0.29, 0.717) is 13.1 Å². The maximum Gasteiger partial charge on any atom is 0.317 e. The third-order valence-electron chi connectivity index (χ3n) is 3.45. The molecule has 1 saturated heterocycles. The van der Waals surface area contributed by atoms with Gasteiger partial charge in [0.1, 0.15) is 4.21 Å². The number of rotatable bonds is 6. The van der Waals surface area contributed by atoms with Crippen molar-refractivity contribution in [3.05, 3.63) is 17.0 Å². The Morgan fingerprint density at radius 2 is 2.32 bits per heavy atom. The van der Waals surface area contributed by atoms with Crippen molar-refractivity contribution in [3.8, 4) is 0 Å². The van der Waals surface area contributed by atoms with Crippen molar-refractivity contribution in [2.24, 2.45) is 5.14 Å². The molecule has 1 fully saturated rings. The van der Waals surface area contributed by atoms with Crippen molar-refractivity contribution in [1.82, 2.24) is 10.2 Å². The number of ether oxygens (including phenoxy) is 1. The first kappa shape index (κ1) is 17.2. The largest absolute Gasteiger partial charge is 0.376 e. The molecule has 1 unspecified atom stereocenters. The first-order valence-electron chi connectivity index (χ1n) is 7.16. The second kappa shape index (κ2) is 7.40. The molecule has 0 bridgehead atoms. The molecule has 124 valence electrons. The van der Waals surface area contributed by atoms with Crippen LogP contribution >= 0.6 is 11.3 Å². The van der Waals surface area contributed by atoms with Crippen LogP contribution in [-0.4, -0.2) is 45.1 Å². The number of carbonyl (C=O) groups is 1. The molecule has 0 aromatic carbocycles. The maximum atomic E-state index is 12.2. The molecule has 2 heterocycles. The summed E-state index contributed by atoms with van der Waals surface area (Å²) < 4.78 is 28.1. The van der Waals surface area contributed by atoms with Crippen LogP contribution in [0.2, 0.25) is 0 Å². The number of primary sulfonamides is 1. The molecule has 1 aromatic rings. The first-order chi connectivity index (χ1) is 10.4. The standard InChI is InChI=1S/C13H21N3O4S2/c1-2-16(9-10-4-3-7-20-10)13(17)15-8-11-5-6-12(21-11)22(14,18)19/h5-6,10H,2-4,7-9H2,1H3,(H,15,17)(H2,14,18,19). The highest BCUT2D eigenvalue weighted by Crippen LogP contribution is 2.20. The number of nitrogens with one attached hydrogen (secondary N) is 1. The predicted molar refractivity (Wildman–Crippen MR) is 84.1 cm³/mol. The van der Waals surface area contributed by atoms with Crippen molar-refractivity contribution in [1.29, 1.82) is 0 Å². The van der Waals surface area contributed by atoms with Crippen LogP contribution in [0.15, 0.2) is 16.3 Å². The molecular weight excluding hydrogens is 326 g/mol. The number of carbonyl (C=O) groups excluding carboxylic acids is 1. The van der Waals surface area contributed by atoms with Crippen LogP contribution in [0.3, 0.4) is 0 Å². The van der Waals surface area contributed by atoms with Gasteiger partial charge in [-0.05, 0) is 31.9 Å². The van der Waals surface area contributed by atoms with Gasteiger partial charge in [0, 0.05) is 24.6 Å². The lowest BCUT2D eigenvalue weighted by molar-refractivity contribution is 0.0826. The van der Waals surface area contributed by atoms with Crippen LogP contribution < -0.4 is 10.5 Å². The Kier molecular flexibility index (Phi) is 5.79. The topological polar surface area (TPSA) is 102 Å². The molecule has 1 aliphatic heterocycles. The van der Waals surface area contributed by atoms with Crippen LogP contribution in [0.4, 0.5) is 4.79 Å². The number of amides is 2. The van der Waals surface area contributed by atoms with E-state index in [-0.39, 0.29) is 22.9 Å². The lowest BCUT2D eigenvalue weighted by Gasteiger charge is -2.24. The molecule has 0 saturated carbocycles. The smallest absolute Gasteiger partial charge is 0.317 e. The van der Waals surface area contributed by atoms with Crippen LogP contribution in [0.25, 0.3) is 0 Å². The van der Waals surface area contributed by atoms with Gasteiger partial charge in [0.15, 0.2) is 0 Å². The zero-order valence-electron chi connectivity index (χ0n) is 12.4. The summed E-state index contributed by atoms with van der Waals surface area (Å²) in [4.78, 5) is 14.6. The number of nitrogens with zero attached hydrogens (tertiary/aromatic N) is 1. The first-order valence-corrected chi connectivity index (χ1v) is 9.52. The molecule has 0 spiro atoms. The molecule has 1 aromatic heterocycles. The fourth-order valence-corrected chi connectivity index (χ4v) is 3.99. The molecule has 9 heteroatoms. The number of hydrogen-bond acceptors (Lipinski definition) is 5. The van der Waals surface area contributed by atoms with E-state index in [9.17, 15) is 13.2 Å². The second-order valence-corrected chi connectivity index (χ2v) is 8.05. The summed E-state index contributed by atoms with van der Waals surface area (Å²) in [5.74, 6) is 0. The van der Waals surface area contributed by atoms with Crippen molar-refractivity contribution >= 4 is 27.4 Å². The van der Waals surface area contributed by atoms with Crippen LogP contribution in [0, 0.1) is 0 Å². The van der Waals surface area contributed by atoms with Gasteiger partial charge in [-0.15, -0.1) is 11.3 Å². The average Bonchev–Trinajstić information content (AvgIpc) is 3.12. The van der Waals surface area contributed by atoms with Crippen LogP contribution in [0.5, 0.6) is 0 Å². The van der Waals surface area contributed by atoms with E-state index in [1.165, 1.54) is 6.07 Å². The van der Waals surface area contributed by atoms with E-state index < -0.39 is 10.0 Å². The summed E-state index contributed by atoms with van der Waals surface area (Å²) >= 11 is 1.06. The van der Waals surface area contributed by atoms with Crippen molar-refractivity contribution in [3.63, 3.8) is 0 Å². The zero-order chi connectivity index (χ0) is 16.2. The number of thiophene rings is 1. The fourth-order valence-electron chi connectivity index (χ4n) is 2.27. The fraction of sp³-hybridized carbons (Fsp3) is 0.615. The molecule has 1 atom stereocenters. The van der Waals surface area contributed by atoms with E-state index in [1.807, 2.05) is 6.92 Å². The number of hydrogen-bond donors (Lipinski definition) is 2. The van der Waals surface area contributed by atoms with Gasteiger partial charge in [0.2, 0.25) is 10.0 Å². The Labute approximate surface area is 134 Å². The van der Waals surface area contributed by atoms with Crippen LogP contribution in [0.1, 0.15) is 24.6 Å². The molecule has 2 rings (SSSR count). The van der Waals surface area contributed by atoms with Gasteiger partial charge in [0.25, 0.3) is 0 Å². The minimum Gasteiger partial charge on any atom is -0.376 e. The van der Waals surface area contributed by atoms with Gasteiger partial charge in [-0.3, -0.25) is 0 Å². The lowest BCUT2D eigenvalue weighted by atomic mass is 10.2. The molecule has 3 N–H and O–H groups in total. The van der Waals surface area contributed by atoms with Gasteiger partial charge < -0.3 is 15.0 Å². The number of likely N-dealkylation sites (N-methyl/N-ethyl adjacent to an activating group) is 1. The van der Waals surface area contributed by atoms with Gasteiger partial charge >= 0.3 is 6.03 Å². The quantitative estimate of drug-likeness (QED) is 0.804. The molecule has 2 amide bonds. The second-order valence-electron chi connectivity index (χ2n) is 5.10. The monoisotopic (exact) mass is 347 g/mol. The Hall–Kier alpha value is -1.16. The zero-order valence-corrected chi connectivity index (χ0v) is 14.1. The van der Waals surface area contributed by atoms with Crippen LogP contribution in [-0.2, 0) is 21.3 Å². The highest BCUT2D eigenvalue weighted by atomic mass is 32.2. The molecule has 0 radical (unpaired) electrons. The predicted octanol–water partition coefficient (Wildman–Crippen LogP) is 1.11. The molecule has 22 heavy (non-hydrogen) atoms. The highest BCUT2D eigenvalue weighted by Gasteiger charge is 2.21. The minimum absolute atomic E-state index is 0.100. The Morgan fingerprint density at radius 1 is 1.55 bits per heavy atom. The Morgan fingerprint density at radius 3 is 2.86 bits per heavy atom. The van der Waals surface area contributed by atoms with Gasteiger partial charge in [-0.1, -0.05) is 0 Å². The summed E-state index contributed by atoms with van der Waals surface area (Å²) in [7, 11) is -3.68. The van der Waals surface area contributed by atoms with Gasteiger partial charge in [-0.2, -0.15) is 0 Å². The molecule has 7 nitrogen and oxygen atoms in total. The highest BCUT2D eigenvalue weighted by molar-refractivity contribution is 7.91. The molecule has 1 aliphatic rings. The summed E-state index contributed by atoms with van der Waals surface area (Å²) in [5.41, 5.74) is 0. The van der Waals surface area contributed by atoms with E-state index in [4.69, 9.17) is 9.88 Å². The number of sulfonamides is 1. The Bertz CT molecular complexity index is 609. The summed E-state index contributed by atoms with van der Waals surface area (Å²) in [6, 6.07) is 2.93. The lowest BCUT2D eigenvalue weighted by Crippen LogP contribution is -2.43. The van der Waals surface area contributed by atoms with Crippen molar-refractivity contribution in [2.45, 2.75) is 36.6 Å². The maximum absolute atomic E-state index is 12.2. The van der Waals surface area contributed by atoms with Crippen molar-refractivity contribution in [2.75, 3.05) is 19.7 Å². The van der Waals surface area contributed by atoms with E-state index in [2.05, 4.69) is 5.32 Å². The van der Waals surface area contributed by atoms with Crippen molar-refractivity contribution < 1.29 is 17.9 Å². The third-order valence-corrected chi connectivity index (χ3v) is 5.97. The summed E-state index contributed by atoms with van der Waals surface area (Å²) in [6.07, 6.45) is 2.13. The SMILES string of the molecule is CCN(CC1CCCO1)C(=O)NCc1ccc(S(N)(=O)=O)s1. The summed E-state index contributed by atoms with van der Waals surface area (Å²) in [6.45, 7) is 4.13. The molecular formula is C13H21N3O4S2. The number of urea groups is 1. The third kappa shape index (κ3) is 4.67.